The lowest BCUT2D eigenvalue weighted by Crippen LogP contribution is -2.25. The molecule has 0 fully saturated rings. The fourth-order valence-electron chi connectivity index (χ4n) is 1.32. The molecular weight excluding hydrogens is 248 g/mol. The van der Waals surface area contributed by atoms with Gasteiger partial charge in [-0.25, -0.2) is 13.1 Å². The molecule has 0 aliphatic heterocycles. The minimum atomic E-state index is -3.33. The van der Waals surface area contributed by atoms with Crippen LogP contribution in [0.15, 0.2) is 35.9 Å². The van der Waals surface area contributed by atoms with Gasteiger partial charge in [0.25, 0.3) is 0 Å². The molecule has 0 spiro atoms. The van der Waals surface area contributed by atoms with Crippen LogP contribution in [0.25, 0.3) is 0 Å². The van der Waals surface area contributed by atoms with Crippen LogP contribution in [0.2, 0.25) is 0 Å². The Morgan fingerprint density at radius 2 is 1.94 bits per heavy atom. The van der Waals surface area contributed by atoms with Gasteiger partial charge in [-0.3, -0.25) is 0 Å². The monoisotopic (exact) mass is 264 g/mol. The second kappa shape index (κ2) is 6.34. The second-order valence-electron chi connectivity index (χ2n) is 4.20. The number of sulfonamides is 1. The minimum absolute atomic E-state index is 0.0741. The molecule has 0 aliphatic carbocycles. The van der Waals surface area contributed by atoms with Crippen molar-refractivity contribution in [3.05, 3.63) is 47.0 Å². The van der Waals surface area contributed by atoms with Gasteiger partial charge in [0.05, 0.1) is 17.4 Å². The molecule has 0 saturated heterocycles. The lowest BCUT2D eigenvalue weighted by molar-refractivity contribution is 0.584. The first kappa shape index (κ1) is 14.4. The number of hydrogen-bond donors (Lipinski definition) is 1. The Kier molecular flexibility index (Phi) is 5.08. The van der Waals surface area contributed by atoms with E-state index in [1.807, 2.05) is 26.0 Å². The van der Waals surface area contributed by atoms with Crippen molar-refractivity contribution in [3.8, 4) is 6.07 Å². The zero-order valence-corrected chi connectivity index (χ0v) is 11.3. The van der Waals surface area contributed by atoms with E-state index in [1.54, 1.807) is 24.3 Å². The first-order valence-corrected chi connectivity index (χ1v) is 7.18. The molecule has 1 rings (SSSR count). The van der Waals surface area contributed by atoms with E-state index in [4.69, 9.17) is 5.26 Å². The third-order valence-electron chi connectivity index (χ3n) is 2.25. The van der Waals surface area contributed by atoms with E-state index >= 15 is 0 Å². The van der Waals surface area contributed by atoms with Gasteiger partial charge >= 0.3 is 0 Å². The second-order valence-corrected chi connectivity index (χ2v) is 6.00. The molecule has 1 aromatic carbocycles. The van der Waals surface area contributed by atoms with Gasteiger partial charge < -0.3 is 0 Å². The number of nitriles is 1. The van der Waals surface area contributed by atoms with Crippen LogP contribution in [0.5, 0.6) is 0 Å². The molecule has 18 heavy (non-hydrogen) atoms. The van der Waals surface area contributed by atoms with E-state index < -0.39 is 10.0 Å². The van der Waals surface area contributed by atoms with Crippen molar-refractivity contribution in [1.29, 1.82) is 5.26 Å². The summed E-state index contributed by atoms with van der Waals surface area (Å²) in [6.45, 7) is 4.13. The number of rotatable bonds is 5. The van der Waals surface area contributed by atoms with Crippen LogP contribution in [-0.2, 0) is 15.8 Å². The van der Waals surface area contributed by atoms with Crippen LogP contribution < -0.4 is 4.72 Å². The Morgan fingerprint density at radius 3 is 2.44 bits per heavy atom. The van der Waals surface area contributed by atoms with Crippen molar-refractivity contribution < 1.29 is 8.42 Å². The fourth-order valence-corrected chi connectivity index (χ4v) is 2.39. The molecular formula is C13H16N2O2S. The topological polar surface area (TPSA) is 70.0 Å². The summed E-state index contributed by atoms with van der Waals surface area (Å²) in [5.74, 6) is -0.0741. The Morgan fingerprint density at radius 1 is 1.33 bits per heavy atom. The van der Waals surface area contributed by atoms with Crippen molar-refractivity contribution >= 4 is 10.0 Å². The lowest BCUT2D eigenvalue weighted by atomic mass is 10.2. The smallest absolute Gasteiger partial charge is 0.212 e. The number of benzene rings is 1. The molecule has 0 bridgehead atoms. The van der Waals surface area contributed by atoms with Gasteiger partial charge in [0.2, 0.25) is 10.0 Å². The quantitative estimate of drug-likeness (QED) is 0.826. The molecule has 5 heteroatoms. The van der Waals surface area contributed by atoms with E-state index in [0.29, 0.717) is 17.7 Å². The first-order valence-electron chi connectivity index (χ1n) is 5.53. The van der Waals surface area contributed by atoms with Gasteiger partial charge in [-0.05, 0) is 31.5 Å². The fraction of sp³-hybridized carbons (Fsp3) is 0.308. The molecule has 0 saturated carbocycles. The third kappa shape index (κ3) is 5.13. The zero-order chi connectivity index (χ0) is 13.6. The average molecular weight is 264 g/mol. The van der Waals surface area contributed by atoms with Crippen molar-refractivity contribution in [2.24, 2.45) is 0 Å². The summed E-state index contributed by atoms with van der Waals surface area (Å²) in [4.78, 5) is 0. The van der Waals surface area contributed by atoms with Gasteiger partial charge in [-0.2, -0.15) is 5.26 Å². The standard InChI is InChI=1S/C13H16N2O2S/c1-11(2)7-8-15-18(16,17)10-13-5-3-12(9-14)4-6-13/h3-7,15H,8,10H2,1-2H3. The summed E-state index contributed by atoms with van der Waals surface area (Å²) in [6, 6.07) is 8.52. The van der Waals surface area contributed by atoms with Crippen LogP contribution in [-0.4, -0.2) is 15.0 Å². The Labute approximate surface area is 108 Å². The van der Waals surface area contributed by atoms with Gasteiger partial charge in [-0.15, -0.1) is 0 Å². The number of allylic oxidation sites excluding steroid dienone is 1. The molecule has 0 radical (unpaired) electrons. The Balaban J connectivity index is 2.65. The van der Waals surface area contributed by atoms with Crippen molar-refractivity contribution in [3.63, 3.8) is 0 Å². The Bertz CT molecular complexity index is 562. The van der Waals surface area contributed by atoms with Crippen LogP contribution in [0, 0.1) is 11.3 Å². The van der Waals surface area contributed by atoms with Crippen LogP contribution in [0.1, 0.15) is 25.0 Å². The van der Waals surface area contributed by atoms with E-state index in [9.17, 15) is 8.42 Å². The molecule has 0 aromatic heterocycles. The highest BCUT2D eigenvalue weighted by molar-refractivity contribution is 7.88. The highest BCUT2D eigenvalue weighted by Crippen LogP contribution is 2.07. The van der Waals surface area contributed by atoms with Crippen LogP contribution in [0.4, 0.5) is 0 Å². The lowest BCUT2D eigenvalue weighted by Gasteiger charge is -2.05. The van der Waals surface area contributed by atoms with E-state index in [2.05, 4.69) is 4.72 Å². The highest BCUT2D eigenvalue weighted by atomic mass is 32.2. The molecule has 1 N–H and O–H groups in total. The van der Waals surface area contributed by atoms with Gasteiger partial charge in [0.15, 0.2) is 0 Å². The predicted molar refractivity (Wildman–Crippen MR) is 71.2 cm³/mol. The maximum absolute atomic E-state index is 11.7. The molecule has 96 valence electrons. The molecule has 1 aromatic rings. The number of nitrogens with zero attached hydrogens (tertiary/aromatic N) is 1. The highest BCUT2D eigenvalue weighted by Gasteiger charge is 2.09. The van der Waals surface area contributed by atoms with Crippen molar-refractivity contribution in [2.45, 2.75) is 19.6 Å². The molecule has 0 amide bonds. The summed E-state index contributed by atoms with van der Waals surface area (Å²) in [7, 11) is -3.33. The van der Waals surface area contributed by atoms with E-state index in [0.717, 1.165) is 5.57 Å². The number of nitrogens with one attached hydrogen (secondary N) is 1. The van der Waals surface area contributed by atoms with Crippen molar-refractivity contribution in [2.75, 3.05) is 6.54 Å². The van der Waals surface area contributed by atoms with Crippen molar-refractivity contribution in [1.82, 2.24) is 4.72 Å². The maximum Gasteiger partial charge on any atom is 0.216 e. The van der Waals surface area contributed by atoms with E-state index in [1.165, 1.54) is 0 Å². The number of hydrogen-bond acceptors (Lipinski definition) is 3. The van der Waals surface area contributed by atoms with Gasteiger partial charge in [-0.1, -0.05) is 23.8 Å². The van der Waals surface area contributed by atoms with Gasteiger partial charge in [0.1, 0.15) is 0 Å². The SMILES string of the molecule is CC(C)=CCNS(=O)(=O)Cc1ccc(C#N)cc1. The first-order chi connectivity index (χ1) is 8.43. The Hall–Kier alpha value is -1.64. The van der Waals surface area contributed by atoms with Gasteiger partial charge in [0, 0.05) is 6.54 Å². The largest absolute Gasteiger partial charge is 0.216 e. The summed E-state index contributed by atoms with van der Waals surface area (Å²) >= 11 is 0. The third-order valence-corrected chi connectivity index (χ3v) is 3.57. The molecule has 0 atom stereocenters. The summed E-state index contributed by atoms with van der Waals surface area (Å²) < 4.78 is 26.0. The molecule has 0 heterocycles. The summed E-state index contributed by atoms with van der Waals surface area (Å²) in [5, 5.41) is 8.64. The van der Waals surface area contributed by atoms with Crippen LogP contribution >= 0.6 is 0 Å². The average Bonchev–Trinajstić information content (AvgIpc) is 2.28. The molecule has 0 unspecified atom stereocenters. The zero-order valence-electron chi connectivity index (χ0n) is 10.5. The summed E-state index contributed by atoms with van der Waals surface area (Å²) in [5.41, 5.74) is 2.25. The summed E-state index contributed by atoms with van der Waals surface area (Å²) in [6.07, 6.45) is 1.82. The molecule has 0 aliphatic rings. The molecule has 4 nitrogen and oxygen atoms in total. The maximum atomic E-state index is 11.7. The predicted octanol–water partition coefficient (Wildman–Crippen LogP) is 1.94. The normalized spacial score (nSPS) is 10.7. The van der Waals surface area contributed by atoms with E-state index in [-0.39, 0.29) is 5.75 Å². The van der Waals surface area contributed by atoms with Crippen LogP contribution in [0.3, 0.4) is 0 Å². The minimum Gasteiger partial charge on any atom is -0.212 e.